The van der Waals surface area contributed by atoms with E-state index in [9.17, 15) is 4.79 Å². The molecule has 0 atom stereocenters. The van der Waals surface area contributed by atoms with E-state index >= 15 is 0 Å². The van der Waals surface area contributed by atoms with Crippen LogP contribution in [0.5, 0.6) is 0 Å². The van der Waals surface area contributed by atoms with Crippen molar-refractivity contribution in [1.29, 1.82) is 0 Å². The average molecular weight is 330 g/mol. The van der Waals surface area contributed by atoms with Crippen molar-refractivity contribution in [2.24, 2.45) is 10.8 Å². The van der Waals surface area contributed by atoms with E-state index in [-0.39, 0.29) is 10.7 Å². The highest BCUT2D eigenvalue weighted by Gasteiger charge is 2.19. The van der Waals surface area contributed by atoms with Gasteiger partial charge in [0.1, 0.15) is 17.0 Å². The number of anilines is 1. The van der Waals surface area contributed by atoms with Crippen LogP contribution < -0.4 is 21.6 Å². The van der Waals surface area contributed by atoms with E-state index in [1.807, 2.05) is 12.1 Å². The van der Waals surface area contributed by atoms with Crippen LogP contribution in [-0.2, 0) is 0 Å². The summed E-state index contributed by atoms with van der Waals surface area (Å²) in [5.74, 6) is 0.661. The number of nitrogens with two attached hydrogens (primary N) is 1. The second-order valence-electron chi connectivity index (χ2n) is 5.37. The van der Waals surface area contributed by atoms with Crippen LogP contribution in [0, 0.1) is 0 Å². The fourth-order valence-electron chi connectivity index (χ4n) is 2.71. The molecule has 0 aromatic carbocycles. The molecule has 2 aromatic heterocycles. The summed E-state index contributed by atoms with van der Waals surface area (Å²) < 4.78 is 1.51. The number of thiocarbonyl (C=S) groups is 1. The van der Waals surface area contributed by atoms with Gasteiger partial charge in [-0.1, -0.05) is 6.07 Å². The topological polar surface area (TPSA) is 88.0 Å². The van der Waals surface area contributed by atoms with Crippen molar-refractivity contribution < 1.29 is 0 Å². The number of hydrazone groups is 1. The van der Waals surface area contributed by atoms with Gasteiger partial charge in [-0.15, -0.1) is 0 Å². The van der Waals surface area contributed by atoms with Gasteiger partial charge in [0, 0.05) is 19.3 Å². The molecular weight excluding hydrogens is 312 g/mol. The molecule has 3 heterocycles. The first-order valence-electron chi connectivity index (χ1n) is 7.51. The maximum atomic E-state index is 12.8. The minimum absolute atomic E-state index is 0.0506. The van der Waals surface area contributed by atoms with E-state index in [2.05, 4.69) is 20.4 Å². The Morgan fingerprint density at radius 2 is 2.13 bits per heavy atom. The molecule has 7 nitrogen and oxygen atoms in total. The molecule has 1 fully saturated rings. The van der Waals surface area contributed by atoms with Gasteiger partial charge < -0.3 is 10.6 Å². The van der Waals surface area contributed by atoms with Crippen molar-refractivity contribution in [1.82, 2.24) is 14.8 Å². The number of nitrogens with one attached hydrogen (secondary N) is 1. The molecule has 2 aromatic rings. The molecule has 120 valence electrons. The van der Waals surface area contributed by atoms with E-state index in [0.717, 1.165) is 25.9 Å². The summed E-state index contributed by atoms with van der Waals surface area (Å²) in [7, 11) is 0. The lowest BCUT2D eigenvalue weighted by Gasteiger charge is -2.28. The number of rotatable bonds is 3. The lowest BCUT2D eigenvalue weighted by Crippen LogP contribution is -2.34. The van der Waals surface area contributed by atoms with E-state index < -0.39 is 0 Å². The smallest absolute Gasteiger partial charge is 0.268 e. The minimum atomic E-state index is -0.162. The second-order valence-corrected chi connectivity index (χ2v) is 5.80. The fourth-order valence-corrected chi connectivity index (χ4v) is 2.76. The molecule has 1 aliphatic heterocycles. The third-order valence-corrected chi connectivity index (χ3v) is 3.86. The molecule has 0 unspecified atom stereocenters. The molecule has 3 N–H and O–H groups in total. The van der Waals surface area contributed by atoms with Gasteiger partial charge in [-0.3, -0.25) is 14.6 Å². The van der Waals surface area contributed by atoms with Crippen molar-refractivity contribution in [3.8, 4) is 0 Å². The molecule has 0 spiro atoms. The first kappa shape index (κ1) is 15.4. The summed E-state index contributed by atoms with van der Waals surface area (Å²) in [4.78, 5) is 19.6. The van der Waals surface area contributed by atoms with Gasteiger partial charge in [-0.2, -0.15) is 5.10 Å². The third-order valence-electron chi connectivity index (χ3n) is 3.77. The number of hydrogen-bond donors (Lipinski definition) is 2. The molecule has 23 heavy (non-hydrogen) atoms. The standard InChI is InChI=1S/C15H18N6OS/c16-15(23)19-17-10-11-13(20-7-3-1-4-8-20)18-12-6-2-5-9-21(12)14(11)22/h2,5-6,9-10H,1,3-4,7-8H2,(H3,16,19,23). The zero-order chi connectivity index (χ0) is 16.2. The zero-order valence-electron chi connectivity index (χ0n) is 12.6. The van der Waals surface area contributed by atoms with Gasteiger partial charge in [-0.05, 0) is 43.6 Å². The maximum absolute atomic E-state index is 12.8. The van der Waals surface area contributed by atoms with E-state index in [4.69, 9.17) is 18.0 Å². The van der Waals surface area contributed by atoms with Gasteiger partial charge in [0.05, 0.1) is 6.21 Å². The van der Waals surface area contributed by atoms with Crippen LogP contribution in [0.1, 0.15) is 24.8 Å². The van der Waals surface area contributed by atoms with Crippen LogP contribution >= 0.6 is 12.2 Å². The highest BCUT2D eigenvalue weighted by atomic mass is 32.1. The summed E-state index contributed by atoms with van der Waals surface area (Å²) in [6, 6.07) is 5.48. The molecule has 0 saturated carbocycles. The number of pyridine rings is 1. The largest absolute Gasteiger partial charge is 0.375 e. The molecule has 0 radical (unpaired) electrons. The highest BCUT2D eigenvalue weighted by molar-refractivity contribution is 7.80. The van der Waals surface area contributed by atoms with Crippen LogP contribution in [0.15, 0.2) is 34.3 Å². The zero-order valence-corrected chi connectivity index (χ0v) is 13.4. The Balaban J connectivity index is 2.12. The average Bonchev–Trinajstić information content (AvgIpc) is 2.57. The van der Waals surface area contributed by atoms with Crippen LogP contribution in [0.2, 0.25) is 0 Å². The van der Waals surface area contributed by atoms with Crippen molar-refractivity contribution in [2.75, 3.05) is 18.0 Å². The van der Waals surface area contributed by atoms with Gasteiger partial charge in [0.15, 0.2) is 5.11 Å². The van der Waals surface area contributed by atoms with Gasteiger partial charge in [-0.25, -0.2) is 4.98 Å². The van der Waals surface area contributed by atoms with Crippen molar-refractivity contribution >= 4 is 35.0 Å². The van der Waals surface area contributed by atoms with Gasteiger partial charge >= 0.3 is 0 Å². The highest BCUT2D eigenvalue weighted by Crippen LogP contribution is 2.19. The van der Waals surface area contributed by atoms with Crippen LogP contribution in [0.25, 0.3) is 5.65 Å². The molecule has 1 aliphatic rings. The van der Waals surface area contributed by atoms with Crippen molar-refractivity contribution in [3.63, 3.8) is 0 Å². The lowest BCUT2D eigenvalue weighted by atomic mass is 10.1. The number of hydrogen-bond acceptors (Lipinski definition) is 5. The van der Waals surface area contributed by atoms with E-state index in [1.54, 1.807) is 12.3 Å². The Labute approximate surface area is 138 Å². The molecule has 0 aliphatic carbocycles. The van der Waals surface area contributed by atoms with Crippen molar-refractivity contribution in [3.05, 3.63) is 40.3 Å². The summed E-state index contributed by atoms with van der Waals surface area (Å²) in [6.45, 7) is 1.78. The van der Waals surface area contributed by atoms with E-state index in [1.165, 1.54) is 17.0 Å². The summed E-state index contributed by atoms with van der Waals surface area (Å²) in [5, 5.41) is 3.99. The molecule has 3 rings (SSSR count). The van der Waals surface area contributed by atoms with Crippen LogP contribution in [0.3, 0.4) is 0 Å². The Morgan fingerprint density at radius 3 is 2.87 bits per heavy atom. The molecule has 0 amide bonds. The fraction of sp³-hybridized carbons (Fsp3) is 0.333. The minimum Gasteiger partial charge on any atom is -0.375 e. The quantitative estimate of drug-likeness (QED) is 0.493. The third kappa shape index (κ3) is 3.31. The summed E-state index contributed by atoms with van der Waals surface area (Å²) in [6.07, 6.45) is 6.53. The predicted molar refractivity (Wildman–Crippen MR) is 95.0 cm³/mol. The molecule has 0 bridgehead atoms. The Bertz CT molecular complexity index is 809. The monoisotopic (exact) mass is 330 g/mol. The Kier molecular flexibility index (Phi) is 4.52. The number of fused-ring (bicyclic) bond motifs is 1. The second kappa shape index (κ2) is 6.74. The van der Waals surface area contributed by atoms with E-state index in [0.29, 0.717) is 17.0 Å². The molecule has 8 heteroatoms. The van der Waals surface area contributed by atoms with Crippen LogP contribution in [0.4, 0.5) is 5.82 Å². The first-order chi connectivity index (χ1) is 11.2. The molecule has 1 saturated heterocycles. The predicted octanol–water partition coefficient (Wildman–Crippen LogP) is 0.852. The number of piperidine rings is 1. The summed E-state index contributed by atoms with van der Waals surface area (Å²) in [5.41, 5.74) is 8.74. The lowest BCUT2D eigenvalue weighted by molar-refractivity contribution is 0.573. The van der Waals surface area contributed by atoms with Crippen LogP contribution in [-0.4, -0.2) is 33.8 Å². The van der Waals surface area contributed by atoms with Gasteiger partial charge in [0.2, 0.25) is 0 Å². The first-order valence-corrected chi connectivity index (χ1v) is 7.92. The SMILES string of the molecule is NC(=S)NN=Cc1c(N2CCCCC2)nc2ccccn2c1=O. The normalized spacial score (nSPS) is 15.2. The maximum Gasteiger partial charge on any atom is 0.268 e. The summed E-state index contributed by atoms with van der Waals surface area (Å²) >= 11 is 4.72. The van der Waals surface area contributed by atoms with Gasteiger partial charge in [0.25, 0.3) is 5.56 Å². The molecular formula is C15H18N6OS. The van der Waals surface area contributed by atoms with Crippen molar-refractivity contribution in [2.45, 2.75) is 19.3 Å². The number of aromatic nitrogens is 2. The Morgan fingerprint density at radius 1 is 1.35 bits per heavy atom. The number of nitrogens with zero attached hydrogens (tertiary/aromatic N) is 4. The Hall–Kier alpha value is -2.48.